The van der Waals surface area contributed by atoms with Crippen molar-refractivity contribution >= 4 is 11.9 Å². The molecule has 27 heavy (non-hydrogen) atoms. The molecule has 2 N–H and O–H groups in total. The van der Waals surface area contributed by atoms with Crippen molar-refractivity contribution in [3.05, 3.63) is 70.8 Å². The summed E-state index contributed by atoms with van der Waals surface area (Å²) in [5.74, 6) is -1.53. The second-order valence-corrected chi connectivity index (χ2v) is 6.29. The van der Waals surface area contributed by atoms with Gasteiger partial charge in [-0.15, -0.1) is 0 Å². The largest absolute Gasteiger partial charge is 0.481 e. The molecule has 4 nitrogen and oxygen atoms in total. The minimum Gasteiger partial charge on any atom is -0.481 e. The van der Waals surface area contributed by atoms with Crippen molar-refractivity contribution in [2.24, 2.45) is 0 Å². The Kier molecular flexibility index (Phi) is 6.60. The van der Waals surface area contributed by atoms with Gasteiger partial charge in [-0.05, 0) is 42.2 Å². The Labute approximate surface area is 155 Å². The first-order valence-corrected chi connectivity index (χ1v) is 8.39. The van der Waals surface area contributed by atoms with Crippen LogP contribution in [0.1, 0.15) is 45.9 Å². The average Bonchev–Trinajstić information content (AvgIpc) is 2.59. The number of carbonyl (C=O) groups excluding carboxylic acids is 1. The van der Waals surface area contributed by atoms with E-state index < -0.39 is 30.5 Å². The molecule has 0 aliphatic heterocycles. The van der Waals surface area contributed by atoms with Gasteiger partial charge in [-0.1, -0.05) is 36.4 Å². The van der Waals surface area contributed by atoms with E-state index in [0.717, 1.165) is 5.56 Å². The van der Waals surface area contributed by atoms with Crippen LogP contribution in [0.5, 0.6) is 0 Å². The van der Waals surface area contributed by atoms with Crippen molar-refractivity contribution in [3.63, 3.8) is 0 Å². The maximum absolute atomic E-state index is 12.5. The molecule has 1 atom stereocenters. The molecule has 0 aromatic heterocycles. The summed E-state index contributed by atoms with van der Waals surface area (Å²) >= 11 is 0. The Morgan fingerprint density at radius 2 is 1.70 bits per heavy atom. The number of halogens is 3. The number of amides is 1. The first kappa shape index (κ1) is 20.5. The summed E-state index contributed by atoms with van der Waals surface area (Å²) in [6.07, 6.45) is -5.59. The summed E-state index contributed by atoms with van der Waals surface area (Å²) in [7, 11) is 0. The van der Waals surface area contributed by atoms with Gasteiger partial charge in [0.15, 0.2) is 0 Å². The van der Waals surface area contributed by atoms with Gasteiger partial charge in [0.05, 0.1) is 12.5 Å². The van der Waals surface area contributed by atoms with Gasteiger partial charge in [0.1, 0.15) is 0 Å². The second-order valence-electron chi connectivity index (χ2n) is 6.29. The summed E-state index contributed by atoms with van der Waals surface area (Å²) < 4.78 is 36.8. The van der Waals surface area contributed by atoms with Gasteiger partial charge in [0.25, 0.3) is 5.91 Å². The molecule has 0 aliphatic carbocycles. The fraction of sp³-hybridized carbons (Fsp3) is 0.300. The highest BCUT2D eigenvalue weighted by atomic mass is 19.4. The summed E-state index contributed by atoms with van der Waals surface area (Å²) in [6, 6.07) is 12.3. The van der Waals surface area contributed by atoms with E-state index in [1.807, 2.05) is 19.1 Å². The Morgan fingerprint density at radius 3 is 2.26 bits per heavy atom. The zero-order valence-electron chi connectivity index (χ0n) is 14.7. The topological polar surface area (TPSA) is 66.4 Å². The Balaban J connectivity index is 2.11. The lowest BCUT2D eigenvalue weighted by Gasteiger charge is -2.19. The first-order valence-electron chi connectivity index (χ1n) is 8.39. The normalized spacial score (nSPS) is 12.4. The monoisotopic (exact) mass is 379 g/mol. The molecular weight excluding hydrogens is 359 g/mol. The van der Waals surface area contributed by atoms with Gasteiger partial charge in [0.2, 0.25) is 0 Å². The van der Waals surface area contributed by atoms with Gasteiger partial charge in [0, 0.05) is 12.0 Å². The number of hydrogen-bond acceptors (Lipinski definition) is 2. The van der Waals surface area contributed by atoms with E-state index in [9.17, 15) is 22.8 Å². The van der Waals surface area contributed by atoms with Crippen LogP contribution in [0.4, 0.5) is 13.2 Å². The zero-order valence-corrected chi connectivity index (χ0v) is 14.7. The van der Waals surface area contributed by atoms with Crippen molar-refractivity contribution < 1.29 is 27.9 Å². The van der Waals surface area contributed by atoms with Crippen LogP contribution in [0.25, 0.3) is 0 Å². The number of hydrogen-bond donors (Lipinski definition) is 2. The zero-order chi connectivity index (χ0) is 20.0. The van der Waals surface area contributed by atoms with Crippen LogP contribution in [0.15, 0.2) is 48.5 Å². The van der Waals surface area contributed by atoms with Crippen molar-refractivity contribution in [2.75, 3.05) is 0 Å². The SMILES string of the molecule is Cc1ccccc1C(CC(=O)O)NC(=O)c1ccc(CCC(F)(F)F)cc1. The van der Waals surface area contributed by atoms with Crippen LogP contribution in [0.3, 0.4) is 0 Å². The van der Waals surface area contributed by atoms with E-state index in [-0.39, 0.29) is 18.4 Å². The highest BCUT2D eigenvalue weighted by Gasteiger charge is 2.26. The standard InChI is InChI=1S/C20H20F3NO3/c1-13-4-2-3-5-16(13)17(12-18(25)26)24-19(27)15-8-6-14(7-9-15)10-11-20(21,22)23/h2-9,17H,10-12H2,1H3,(H,24,27)(H,25,26). The van der Waals surface area contributed by atoms with Gasteiger partial charge in [-0.25, -0.2) is 0 Å². The number of carboxylic acids is 1. The van der Waals surface area contributed by atoms with Crippen LogP contribution < -0.4 is 5.32 Å². The molecule has 0 aliphatic rings. The Morgan fingerprint density at radius 1 is 1.07 bits per heavy atom. The molecule has 0 saturated carbocycles. The van der Waals surface area contributed by atoms with Gasteiger partial charge in [-0.2, -0.15) is 13.2 Å². The number of carbonyl (C=O) groups is 2. The van der Waals surface area contributed by atoms with E-state index >= 15 is 0 Å². The van der Waals surface area contributed by atoms with Gasteiger partial charge < -0.3 is 10.4 Å². The van der Waals surface area contributed by atoms with Crippen molar-refractivity contribution in [2.45, 2.75) is 38.4 Å². The van der Waals surface area contributed by atoms with E-state index in [2.05, 4.69) is 5.32 Å². The van der Waals surface area contributed by atoms with E-state index in [0.29, 0.717) is 11.1 Å². The lowest BCUT2D eigenvalue weighted by molar-refractivity contribution is -0.137. The van der Waals surface area contributed by atoms with Crippen molar-refractivity contribution in [3.8, 4) is 0 Å². The summed E-state index contributed by atoms with van der Waals surface area (Å²) in [6.45, 7) is 1.83. The number of rotatable bonds is 7. The number of aryl methyl sites for hydroxylation is 2. The molecule has 0 radical (unpaired) electrons. The molecule has 1 unspecified atom stereocenters. The quantitative estimate of drug-likeness (QED) is 0.748. The minimum absolute atomic E-state index is 0.156. The average molecular weight is 379 g/mol. The molecular formula is C20H20F3NO3. The maximum Gasteiger partial charge on any atom is 0.389 e. The maximum atomic E-state index is 12.5. The van der Waals surface area contributed by atoms with Crippen LogP contribution >= 0.6 is 0 Å². The number of benzene rings is 2. The fourth-order valence-corrected chi connectivity index (χ4v) is 2.74. The van der Waals surface area contributed by atoms with Gasteiger partial charge in [-0.3, -0.25) is 9.59 Å². The Hall–Kier alpha value is -2.83. The summed E-state index contributed by atoms with van der Waals surface area (Å²) in [5.41, 5.74) is 2.29. The summed E-state index contributed by atoms with van der Waals surface area (Å²) in [5, 5.41) is 11.8. The Bertz CT molecular complexity index is 801. The highest BCUT2D eigenvalue weighted by Crippen LogP contribution is 2.23. The molecule has 144 valence electrons. The van der Waals surface area contributed by atoms with Crippen LogP contribution in [0.2, 0.25) is 0 Å². The van der Waals surface area contributed by atoms with E-state index in [4.69, 9.17) is 5.11 Å². The fourth-order valence-electron chi connectivity index (χ4n) is 2.74. The molecule has 7 heteroatoms. The highest BCUT2D eigenvalue weighted by molar-refractivity contribution is 5.94. The lowest BCUT2D eigenvalue weighted by Crippen LogP contribution is -2.30. The third-order valence-electron chi connectivity index (χ3n) is 4.16. The van der Waals surface area contributed by atoms with Gasteiger partial charge >= 0.3 is 12.1 Å². The molecule has 2 aromatic carbocycles. The molecule has 0 bridgehead atoms. The lowest BCUT2D eigenvalue weighted by atomic mass is 9.98. The summed E-state index contributed by atoms with van der Waals surface area (Å²) in [4.78, 5) is 23.6. The molecule has 0 spiro atoms. The van der Waals surface area contributed by atoms with Crippen molar-refractivity contribution in [1.29, 1.82) is 0 Å². The molecule has 0 heterocycles. The molecule has 0 saturated heterocycles. The predicted octanol–water partition coefficient (Wildman–Crippen LogP) is 4.44. The van der Waals surface area contributed by atoms with Crippen LogP contribution in [-0.4, -0.2) is 23.2 Å². The smallest absolute Gasteiger partial charge is 0.389 e. The third kappa shape index (κ3) is 6.44. The van der Waals surface area contributed by atoms with Crippen LogP contribution in [0, 0.1) is 6.92 Å². The first-order chi connectivity index (χ1) is 12.7. The number of nitrogens with one attached hydrogen (secondary N) is 1. The number of carboxylic acid groups (broad SMARTS) is 1. The molecule has 1 amide bonds. The van der Waals surface area contributed by atoms with E-state index in [1.165, 1.54) is 24.3 Å². The molecule has 2 rings (SSSR count). The number of alkyl halides is 3. The second kappa shape index (κ2) is 8.70. The minimum atomic E-state index is -4.23. The van der Waals surface area contributed by atoms with Crippen LogP contribution in [-0.2, 0) is 11.2 Å². The van der Waals surface area contributed by atoms with Crippen molar-refractivity contribution in [1.82, 2.24) is 5.32 Å². The molecule has 0 fully saturated rings. The molecule has 2 aromatic rings. The number of aliphatic carboxylic acids is 1. The predicted molar refractivity (Wildman–Crippen MR) is 94.5 cm³/mol. The van der Waals surface area contributed by atoms with E-state index in [1.54, 1.807) is 12.1 Å². The third-order valence-corrected chi connectivity index (χ3v) is 4.16.